The van der Waals surface area contributed by atoms with Crippen LogP contribution < -0.4 is 10.2 Å². The Morgan fingerprint density at radius 3 is 2.63 bits per heavy atom. The smallest absolute Gasteiger partial charge is 0.0513 e. The normalized spacial score (nSPS) is 23.4. The van der Waals surface area contributed by atoms with Crippen molar-refractivity contribution in [2.75, 3.05) is 11.4 Å². The van der Waals surface area contributed by atoms with E-state index in [1.54, 1.807) is 0 Å². The van der Waals surface area contributed by atoms with Gasteiger partial charge in [-0.15, -0.1) is 0 Å². The molecule has 1 heterocycles. The van der Waals surface area contributed by atoms with Gasteiger partial charge in [-0.2, -0.15) is 0 Å². The van der Waals surface area contributed by atoms with Gasteiger partial charge in [-0.1, -0.05) is 26.8 Å². The monoisotopic (exact) mass is 324 g/mol. The number of nitrogens with one attached hydrogen (secondary N) is 1. The van der Waals surface area contributed by atoms with Crippen LogP contribution >= 0.6 is 15.9 Å². The first kappa shape index (κ1) is 14.9. The molecule has 2 unspecified atom stereocenters. The average Bonchev–Trinajstić information content (AvgIpc) is 2.66. The van der Waals surface area contributed by atoms with Gasteiger partial charge in [-0.05, 0) is 52.9 Å². The summed E-state index contributed by atoms with van der Waals surface area (Å²) in [6, 6.07) is 7.92. The van der Waals surface area contributed by atoms with E-state index in [0.29, 0.717) is 12.1 Å². The molecule has 2 rings (SSSR count). The van der Waals surface area contributed by atoms with Crippen molar-refractivity contribution >= 4 is 21.6 Å². The van der Waals surface area contributed by atoms with E-state index in [-0.39, 0.29) is 0 Å². The van der Waals surface area contributed by atoms with Gasteiger partial charge in [0.15, 0.2) is 0 Å². The molecule has 0 spiro atoms. The van der Waals surface area contributed by atoms with Gasteiger partial charge in [0.1, 0.15) is 0 Å². The Bertz CT molecular complexity index is 431. The van der Waals surface area contributed by atoms with Crippen molar-refractivity contribution < 1.29 is 0 Å². The highest BCUT2D eigenvalue weighted by molar-refractivity contribution is 9.10. The summed E-state index contributed by atoms with van der Waals surface area (Å²) in [5.74, 6) is 0.796. The Hall–Kier alpha value is -0.540. The average molecular weight is 325 g/mol. The second-order valence-electron chi connectivity index (χ2n) is 6.16. The molecule has 1 aliphatic rings. The molecule has 0 amide bonds. The fraction of sp³-hybridized carbons (Fsp3) is 0.625. The lowest BCUT2D eigenvalue weighted by atomic mass is 10.1. The van der Waals surface area contributed by atoms with Crippen molar-refractivity contribution in [3.63, 3.8) is 0 Å². The van der Waals surface area contributed by atoms with Crippen LogP contribution in [-0.2, 0) is 6.54 Å². The van der Waals surface area contributed by atoms with Gasteiger partial charge in [0, 0.05) is 29.6 Å². The molecular weight excluding hydrogens is 300 g/mol. The lowest BCUT2D eigenvalue weighted by molar-refractivity contribution is 0.588. The maximum atomic E-state index is 3.74. The topological polar surface area (TPSA) is 15.3 Å². The Kier molecular flexibility index (Phi) is 4.91. The predicted octanol–water partition coefficient (Wildman–Crippen LogP) is 4.18. The summed E-state index contributed by atoms with van der Waals surface area (Å²) >= 11 is 3.74. The van der Waals surface area contributed by atoms with E-state index in [9.17, 15) is 0 Å². The van der Waals surface area contributed by atoms with E-state index >= 15 is 0 Å². The van der Waals surface area contributed by atoms with Gasteiger partial charge < -0.3 is 10.2 Å². The number of anilines is 1. The third-order valence-corrected chi connectivity index (χ3v) is 4.46. The van der Waals surface area contributed by atoms with Crippen LogP contribution in [0.3, 0.4) is 0 Å². The van der Waals surface area contributed by atoms with E-state index in [2.05, 4.69) is 72.0 Å². The molecule has 2 nitrogen and oxygen atoms in total. The second kappa shape index (κ2) is 6.27. The van der Waals surface area contributed by atoms with Crippen molar-refractivity contribution in [2.24, 2.45) is 5.92 Å². The van der Waals surface area contributed by atoms with Crippen LogP contribution in [0, 0.1) is 5.92 Å². The van der Waals surface area contributed by atoms with Crippen LogP contribution in [0.1, 0.15) is 39.7 Å². The zero-order valence-corrected chi connectivity index (χ0v) is 14.0. The molecule has 1 fully saturated rings. The standard InChI is InChI=1S/C16H25BrN2/c1-11(2)18-9-14-5-6-16(15(17)8-14)19-10-12(3)7-13(19)4/h5-6,8,11-13,18H,7,9-10H2,1-4H3. The first-order chi connectivity index (χ1) is 8.97. The summed E-state index contributed by atoms with van der Waals surface area (Å²) < 4.78 is 1.22. The van der Waals surface area contributed by atoms with Crippen molar-refractivity contribution in [2.45, 2.75) is 52.7 Å². The molecule has 1 saturated heterocycles. The zero-order valence-electron chi connectivity index (χ0n) is 12.4. The van der Waals surface area contributed by atoms with Crippen molar-refractivity contribution in [3.8, 4) is 0 Å². The zero-order chi connectivity index (χ0) is 14.0. The summed E-state index contributed by atoms with van der Waals surface area (Å²) in [5.41, 5.74) is 2.68. The molecule has 0 radical (unpaired) electrons. The summed E-state index contributed by atoms with van der Waals surface area (Å²) in [7, 11) is 0. The number of halogens is 1. The number of hydrogen-bond donors (Lipinski definition) is 1. The molecular formula is C16H25BrN2. The maximum absolute atomic E-state index is 3.74. The van der Waals surface area contributed by atoms with Crippen molar-refractivity contribution in [3.05, 3.63) is 28.2 Å². The minimum absolute atomic E-state index is 0.526. The number of hydrogen-bond acceptors (Lipinski definition) is 2. The van der Waals surface area contributed by atoms with Gasteiger partial charge in [0.2, 0.25) is 0 Å². The van der Waals surface area contributed by atoms with Crippen molar-refractivity contribution in [1.82, 2.24) is 5.32 Å². The highest BCUT2D eigenvalue weighted by Crippen LogP contribution is 2.34. The van der Waals surface area contributed by atoms with E-state index in [4.69, 9.17) is 0 Å². The van der Waals surface area contributed by atoms with Gasteiger partial charge in [-0.25, -0.2) is 0 Å². The first-order valence-corrected chi connectivity index (χ1v) is 8.05. The van der Waals surface area contributed by atoms with Gasteiger partial charge in [-0.3, -0.25) is 0 Å². The molecule has 1 aromatic carbocycles. The number of benzene rings is 1. The molecule has 106 valence electrons. The third-order valence-electron chi connectivity index (χ3n) is 3.82. The molecule has 0 saturated carbocycles. The largest absolute Gasteiger partial charge is 0.368 e. The Morgan fingerprint density at radius 2 is 2.11 bits per heavy atom. The van der Waals surface area contributed by atoms with E-state index in [0.717, 1.165) is 12.5 Å². The molecule has 0 aliphatic carbocycles. The molecule has 19 heavy (non-hydrogen) atoms. The molecule has 0 aromatic heterocycles. The van der Waals surface area contributed by atoms with Gasteiger partial charge in [0.05, 0.1) is 5.69 Å². The second-order valence-corrected chi connectivity index (χ2v) is 7.02. The highest BCUT2D eigenvalue weighted by Gasteiger charge is 2.27. The van der Waals surface area contributed by atoms with Crippen LogP contribution in [-0.4, -0.2) is 18.6 Å². The van der Waals surface area contributed by atoms with Crippen LogP contribution in [0.2, 0.25) is 0 Å². The Labute approximate surface area is 125 Å². The quantitative estimate of drug-likeness (QED) is 0.893. The molecule has 3 heteroatoms. The van der Waals surface area contributed by atoms with E-state index < -0.39 is 0 Å². The van der Waals surface area contributed by atoms with Crippen LogP contribution in [0.15, 0.2) is 22.7 Å². The van der Waals surface area contributed by atoms with E-state index in [1.165, 1.54) is 28.7 Å². The maximum Gasteiger partial charge on any atom is 0.0513 e. The summed E-state index contributed by atoms with van der Waals surface area (Å²) in [5, 5.41) is 3.46. The minimum atomic E-state index is 0.526. The molecule has 0 bridgehead atoms. The molecule has 1 aliphatic heterocycles. The molecule has 2 atom stereocenters. The van der Waals surface area contributed by atoms with Gasteiger partial charge in [0.25, 0.3) is 0 Å². The fourth-order valence-electron chi connectivity index (χ4n) is 2.85. The minimum Gasteiger partial charge on any atom is -0.368 e. The Morgan fingerprint density at radius 1 is 1.37 bits per heavy atom. The summed E-state index contributed by atoms with van der Waals surface area (Å²) in [6.07, 6.45) is 1.29. The third kappa shape index (κ3) is 3.73. The SMILES string of the molecule is CC1CC(C)N(c2ccc(CNC(C)C)cc2Br)C1. The summed E-state index contributed by atoms with van der Waals surface area (Å²) in [4.78, 5) is 2.52. The van der Waals surface area contributed by atoms with Crippen LogP contribution in [0.25, 0.3) is 0 Å². The lowest BCUT2D eigenvalue weighted by Gasteiger charge is -2.25. The van der Waals surface area contributed by atoms with E-state index in [1.807, 2.05) is 0 Å². The lowest BCUT2D eigenvalue weighted by Crippen LogP contribution is -2.27. The van der Waals surface area contributed by atoms with Crippen LogP contribution in [0.5, 0.6) is 0 Å². The van der Waals surface area contributed by atoms with Crippen molar-refractivity contribution in [1.29, 1.82) is 0 Å². The molecule has 1 aromatic rings. The molecule has 1 N–H and O–H groups in total. The highest BCUT2D eigenvalue weighted by atomic mass is 79.9. The first-order valence-electron chi connectivity index (χ1n) is 7.25. The predicted molar refractivity (Wildman–Crippen MR) is 86.7 cm³/mol. The van der Waals surface area contributed by atoms with Gasteiger partial charge >= 0.3 is 0 Å². The number of rotatable bonds is 4. The fourth-order valence-corrected chi connectivity index (χ4v) is 3.50. The summed E-state index contributed by atoms with van der Waals surface area (Å²) in [6.45, 7) is 11.1. The van der Waals surface area contributed by atoms with Crippen LogP contribution in [0.4, 0.5) is 5.69 Å². The number of nitrogens with zero attached hydrogens (tertiary/aromatic N) is 1. The Balaban J connectivity index is 2.11.